The molecule has 0 radical (unpaired) electrons. The van der Waals surface area contributed by atoms with Crippen molar-refractivity contribution in [3.05, 3.63) is 24.3 Å². The number of rotatable bonds is 66. The van der Waals surface area contributed by atoms with Crippen molar-refractivity contribution in [1.29, 1.82) is 0 Å². The number of unbranched alkanes of at least 4 members (excludes halogenated alkanes) is 44. The predicted molar refractivity (Wildman–Crippen MR) is 368 cm³/mol. The lowest BCUT2D eigenvalue weighted by Gasteiger charge is -2.43. The largest absolute Gasteiger partial charge is 0.462 e. The molecule has 1 fully saturated rings. The molecule has 2 N–H and O–H groups in total. The highest BCUT2D eigenvalue weighted by Gasteiger charge is 2.51. The fraction of sp³-hybridized carbons (Fsp3) is 0.893. The summed E-state index contributed by atoms with van der Waals surface area (Å²) in [5, 5.41) is 11.7. The van der Waals surface area contributed by atoms with Crippen LogP contribution in [0.25, 0.3) is 0 Å². The third-order valence-electron chi connectivity index (χ3n) is 17.5. The maximum Gasteiger partial charge on any atom is 0.306 e. The van der Waals surface area contributed by atoms with Crippen molar-refractivity contribution in [2.45, 2.75) is 411 Å². The molecule has 15 heteroatoms. The minimum absolute atomic E-state index is 0.00771. The molecular formula is C75H138O14S. The summed E-state index contributed by atoms with van der Waals surface area (Å²) in [5.74, 6) is -3.38. The Kier molecular flexibility index (Phi) is 58.9. The zero-order valence-corrected chi connectivity index (χ0v) is 59.1. The van der Waals surface area contributed by atoms with Crippen LogP contribution < -0.4 is 0 Å². The van der Waals surface area contributed by atoms with E-state index in [9.17, 15) is 37.3 Å². The fourth-order valence-electron chi connectivity index (χ4n) is 11.8. The van der Waals surface area contributed by atoms with Crippen LogP contribution in [-0.4, -0.2) is 97.7 Å². The number of carbonyl (C=O) groups excluding carboxylic acids is 4. The van der Waals surface area contributed by atoms with Gasteiger partial charge >= 0.3 is 23.9 Å². The number of allylic oxidation sites excluding steroid dienone is 4. The van der Waals surface area contributed by atoms with Gasteiger partial charge in [-0.2, -0.15) is 8.42 Å². The third-order valence-corrected chi connectivity index (χ3v) is 18.2. The first-order valence-electron chi connectivity index (χ1n) is 37.8. The molecule has 0 amide bonds. The molecule has 0 aromatic carbocycles. The number of carbonyl (C=O) groups is 4. The molecule has 0 bridgehead atoms. The first kappa shape index (κ1) is 85.2. The van der Waals surface area contributed by atoms with Gasteiger partial charge in [0.1, 0.15) is 24.6 Å². The van der Waals surface area contributed by atoms with Gasteiger partial charge in [0.25, 0.3) is 10.1 Å². The van der Waals surface area contributed by atoms with Crippen LogP contribution in [0, 0.1) is 0 Å². The molecule has 1 saturated heterocycles. The van der Waals surface area contributed by atoms with Gasteiger partial charge in [-0.1, -0.05) is 315 Å². The average molecular weight is 1300 g/mol. The molecule has 0 aromatic rings. The van der Waals surface area contributed by atoms with Crippen LogP contribution in [0.4, 0.5) is 0 Å². The molecule has 1 rings (SSSR count). The quantitative estimate of drug-likeness (QED) is 0.0192. The van der Waals surface area contributed by atoms with E-state index in [2.05, 4.69) is 52.0 Å². The van der Waals surface area contributed by atoms with Crippen molar-refractivity contribution in [3.8, 4) is 0 Å². The molecule has 528 valence electrons. The Morgan fingerprint density at radius 3 is 1.09 bits per heavy atom. The molecule has 0 saturated carbocycles. The number of aliphatic hydroxyl groups excluding tert-OH is 1. The summed E-state index contributed by atoms with van der Waals surface area (Å²) in [6.07, 6.45) is 55.5. The van der Waals surface area contributed by atoms with Crippen LogP contribution in [-0.2, 0) is 57.7 Å². The van der Waals surface area contributed by atoms with E-state index in [0.717, 1.165) is 116 Å². The van der Waals surface area contributed by atoms with Crippen LogP contribution in [0.3, 0.4) is 0 Å². The highest BCUT2D eigenvalue weighted by molar-refractivity contribution is 7.85. The van der Waals surface area contributed by atoms with E-state index in [1.54, 1.807) is 0 Å². The first-order chi connectivity index (χ1) is 43.8. The maximum atomic E-state index is 13.8. The summed E-state index contributed by atoms with van der Waals surface area (Å²) < 4.78 is 70.7. The normalized spacial score (nSPS) is 17.3. The van der Waals surface area contributed by atoms with E-state index in [1.165, 1.54) is 180 Å². The number of aliphatic hydroxyl groups is 1. The van der Waals surface area contributed by atoms with Gasteiger partial charge in [0.15, 0.2) is 24.6 Å². The Morgan fingerprint density at radius 1 is 0.400 bits per heavy atom. The van der Waals surface area contributed by atoms with Crippen LogP contribution >= 0.6 is 0 Å². The summed E-state index contributed by atoms with van der Waals surface area (Å²) in [6, 6.07) is 0. The predicted octanol–water partition coefficient (Wildman–Crippen LogP) is 20.5. The summed E-state index contributed by atoms with van der Waals surface area (Å²) in [7, 11) is -4.77. The standard InChI is InChI=1S/C75H138O14S/c1-5-9-13-17-21-25-29-33-34-38-39-43-47-51-55-59-68(76)84-63-66(86-69(77)60-56-52-48-44-40-35-30-26-22-18-14-10-6-2)64-85-75-74(89-71(79)62-58-54-50-46-42-37-32-28-24-20-16-12-8-4)73(72(80)67(87-75)65-90(81,82)83)88-70(78)61-57-53-49-45-41-36-31-27-23-19-15-11-7-3/h21,25,33-34,66-67,72-75,80H,5-20,22-24,26-32,35-65H2,1-4H3,(H,81,82,83)/b25-21-,34-33-/t66?,67-,72-,73+,74-,75+/m1/s1. The van der Waals surface area contributed by atoms with Crippen LogP contribution in [0.2, 0.25) is 0 Å². The number of ether oxygens (including phenoxy) is 6. The number of esters is 4. The SMILES string of the molecule is CCCCC/C=C\C/C=C\CCCCCCCC(=O)OCC(CO[C@H]1O[C@H](CS(=O)(=O)O)[C@@H](O)[C@H](OC(=O)CCCCCCCCCCCCCCC)[C@H]1OC(=O)CCCCCCCCCCCCCCC)OC(=O)CCCCCCCCCCCCCCC. The average Bonchev–Trinajstić information content (AvgIpc) is 0.890. The molecule has 6 atom stereocenters. The maximum absolute atomic E-state index is 13.8. The van der Waals surface area contributed by atoms with Crippen molar-refractivity contribution >= 4 is 34.0 Å². The van der Waals surface area contributed by atoms with Gasteiger partial charge in [-0.3, -0.25) is 23.7 Å². The second-order valence-corrected chi connectivity index (χ2v) is 27.8. The van der Waals surface area contributed by atoms with Crippen LogP contribution in [0.5, 0.6) is 0 Å². The lowest BCUT2D eigenvalue weighted by Crippen LogP contribution is -2.62. The summed E-state index contributed by atoms with van der Waals surface area (Å²) >= 11 is 0. The van der Waals surface area contributed by atoms with E-state index in [-0.39, 0.29) is 32.3 Å². The second kappa shape index (κ2) is 62.3. The number of hydrogen-bond acceptors (Lipinski definition) is 13. The highest BCUT2D eigenvalue weighted by Crippen LogP contribution is 2.30. The van der Waals surface area contributed by atoms with Gasteiger partial charge in [-0.05, 0) is 57.8 Å². The second-order valence-electron chi connectivity index (χ2n) is 26.3. The zero-order chi connectivity index (χ0) is 65.6. The monoisotopic (exact) mass is 1290 g/mol. The summed E-state index contributed by atoms with van der Waals surface area (Å²) in [4.78, 5) is 54.1. The molecule has 0 aromatic heterocycles. The molecule has 1 aliphatic rings. The van der Waals surface area contributed by atoms with Gasteiger partial charge in [0.05, 0.1) is 6.61 Å². The van der Waals surface area contributed by atoms with E-state index in [4.69, 9.17) is 28.4 Å². The topological polar surface area (TPSA) is 198 Å². The lowest BCUT2D eigenvalue weighted by molar-refractivity contribution is -0.302. The molecule has 1 aliphatic heterocycles. The van der Waals surface area contributed by atoms with Crippen molar-refractivity contribution in [2.75, 3.05) is 19.0 Å². The van der Waals surface area contributed by atoms with Crippen molar-refractivity contribution in [3.63, 3.8) is 0 Å². The van der Waals surface area contributed by atoms with Crippen LogP contribution in [0.15, 0.2) is 24.3 Å². The van der Waals surface area contributed by atoms with Gasteiger partial charge in [0.2, 0.25) is 0 Å². The summed E-state index contributed by atoms with van der Waals surface area (Å²) in [6.45, 7) is 8.12. The zero-order valence-electron chi connectivity index (χ0n) is 58.3. The van der Waals surface area contributed by atoms with E-state index in [0.29, 0.717) is 25.7 Å². The minimum Gasteiger partial charge on any atom is -0.462 e. The van der Waals surface area contributed by atoms with Gasteiger partial charge in [-0.25, -0.2) is 0 Å². The highest BCUT2D eigenvalue weighted by atomic mass is 32.2. The van der Waals surface area contributed by atoms with E-state index >= 15 is 0 Å². The lowest BCUT2D eigenvalue weighted by atomic mass is 9.99. The molecule has 14 nitrogen and oxygen atoms in total. The molecule has 90 heavy (non-hydrogen) atoms. The Labute approximate surface area is 551 Å². The van der Waals surface area contributed by atoms with Gasteiger partial charge in [0, 0.05) is 25.7 Å². The van der Waals surface area contributed by atoms with Crippen molar-refractivity contribution < 1.29 is 65.7 Å². The minimum atomic E-state index is -4.77. The van der Waals surface area contributed by atoms with E-state index in [1.807, 2.05) is 0 Å². The van der Waals surface area contributed by atoms with Crippen molar-refractivity contribution in [1.82, 2.24) is 0 Å². The fourth-order valence-corrected chi connectivity index (χ4v) is 12.5. The smallest absolute Gasteiger partial charge is 0.306 e. The van der Waals surface area contributed by atoms with Crippen LogP contribution in [0.1, 0.15) is 374 Å². The van der Waals surface area contributed by atoms with Gasteiger partial charge < -0.3 is 33.5 Å². The molecule has 1 heterocycles. The Morgan fingerprint density at radius 2 is 0.711 bits per heavy atom. The van der Waals surface area contributed by atoms with Gasteiger partial charge in [-0.15, -0.1) is 0 Å². The Hall–Kier alpha value is -2.85. The van der Waals surface area contributed by atoms with E-state index < -0.39 is 83.2 Å². The molecule has 0 aliphatic carbocycles. The molecule has 1 unspecified atom stereocenters. The van der Waals surface area contributed by atoms with Crippen molar-refractivity contribution in [2.24, 2.45) is 0 Å². The third kappa shape index (κ3) is 53.5. The molecule has 0 spiro atoms. The Balaban J connectivity index is 3.15. The Bertz CT molecular complexity index is 1840. The molecular weight excluding hydrogens is 1160 g/mol. The summed E-state index contributed by atoms with van der Waals surface area (Å²) in [5.41, 5.74) is 0. The number of hydrogen-bond donors (Lipinski definition) is 2. The first-order valence-corrected chi connectivity index (χ1v) is 39.4.